The van der Waals surface area contributed by atoms with E-state index in [1.54, 1.807) is 0 Å². The fraction of sp³-hybridized carbons (Fsp3) is 0. The van der Waals surface area contributed by atoms with Crippen LogP contribution in [0.3, 0.4) is 0 Å². The summed E-state index contributed by atoms with van der Waals surface area (Å²) >= 11 is 0. The number of fused-ring (bicyclic) bond motifs is 3. The number of rotatable bonds is 0. The standard InChI is InChI=1S/C9H4N2O4/c12-7-3-1-2-4-6(11-9(14)10-4)5(3)8(13)15-7/h1-2,12-13H. The molecule has 1 aromatic carbocycles. The number of urea groups is 1. The van der Waals surface area contributed by atoms with E-state index < -0.39 is 17.9 Å². The molecule has 6 heteroatoms. The molecule has 0 radical (unpaired) electrons. The monoisotopic (exact) mass is 204 g/mol. The summed E-state index contributed by atoms with van der Waals surface area (Å²) in [5.74, 6) is -0.868. The Balaban J connectivity index is 2.68. The quantitative estimate of drug-likeness (QED) is 0.641. The van der Waals surface area contributed by atoms with Gasteiger partial charge < -0.3 is 14.6 Å². The van der Waals surface area contributed by atoms with E-state index in [2.05, 4.69) is 14.4 Å². The Morgan fingerprint density at radius 1 is 1.13 bits per heavy atom. The van der Waals surface area contributed by atoms with Crippen molar-refractivity contribution in [3.05, 3.63) is 22.8 Å². The molecule has 0 saturated carbocycles. The summed E-state index contributed by atoms with van der Waals surface area (Å²) in [6, 6.07) is 2.41. The van der Waals surface area contributed by atoms with Gasteiger partial charge in [0.15, 0.2) is 0 Å². The van der Waals surface area contributed by atoms with E-state index in [9.17, 15) is 15.0 Å². The maximum Gasteiger partial charge on any atom is 0.368 e. The van der Waals surface area contributed by atoms with E-state index in [0.29, 0.717) is 10.7 Å². The van der Waals surface area contributed by atoms with E-state index in [4.69, 9.17) is 0 Å². The van der Waals surface area contributed by atoms with Crippen LogP contribution in [-0.2, 0) is 0 Å². The van der Waals surface area contributed by atoms with E-state index in [1.807, 2.05) is 0 Å². The molecule has 0 bridgehead atoms. The lowest BCUT2D eigenvalue weighted by Crippen LogP contribution is -2.21. The summed E-state index contributed by atoms with van der Waals surface area (Å²) in [5, 5.41) is 19.8. The molecule has 1 aromatic heterocycles. The number of carbonyl (C=O) groups is 1. The lowest BCUT2D eigenvalue weighted by Gasteiger charge is -1.86. The van der Waals surface area contributed by atoms with Crippen molar-refractivity contribution in [2.24, 2.45) is 9.98 Å². The number of nitrogens with zero attached hydrogens (tertiary/aromatic N) is 2. The molecule has 2 amide bonds. The van der Waals surface area contributed by atoms with E-state index in [1.165, 1.54) is 12.1 Å². The van der Waals surface area contributed by atoms with Crippen LogP contribution in [0.2, 0.25) is 0 Å². The lowest BCUT2D eigenvalue weighted by atomic mass is 10.2. The second kappa shape index (κ2) is 2.35. The first-order valence-corrected chi connectivity index (χ1v) is 4.11. The molecule has 2 aromatic rings. The molecule has 74 valence electrons. The van der Waals surface area contributed by atoms with Crippen molar-refractivity contribution < 1.29 is 19.4 Å². The fourth-order valence-electron chi connectivity index (χ4n) is 1.60. The summed E-state index contributed by atoms with van der Waals surface area (Å²) in [5.41, 5.74) is 0. The third kappa shape index (κ3) is 0.899. The third-order valence-electron chi connectivity index (χ3n) is 2.22. The Labute approximate surface area is 81.8 Å². The highest BCUT2D eigenvalue weighted by Gasteiger charge is 2.17. The van der Waals surface area contributed by atoms with Crippen molar-refractivity contribution in [1.82, 2.24) is 0 Å². The minimum Gasteiger partial charge on any atom is -0.480 e. The minimum absolute atomic E-state index is 0.208. The molecule has 0 unspecified atom stereocenters. The van der Waals surface area contributed by atoms with E-state index >= 15 is 0 Å². The molecule has 0 aliphatic carbocycles. The second-order valence-electron chi connectivity index (χ2n) is 3.07. The van der Waals surface area contributed by atoms with Gasteiger partial charge in [-0.3, -0.25) is 0 Å². The average molecular weight is 204 g/mol. The first-order valence-electron chi connectivity index (χ1n) is 4.11. The van der Waals surface area contributed by atoms with Crippen LogP contribution in [0, 0.1) is 0 Å². The second-order valence-corrected chi connectivity index (χ2v) is 3.07. The zero-order valence-corrected chi connectivity index (χ0v) is 7.26. The van der Waals surface area contributed by atoms with Gasteiger partial charge in [0.2, 0.25) is 0 Å². The first kappa shape index (κ1) is 7.98. The molecule has 0 saturated heterocycles. The largest absolute Gasteiger partial charge is 0.480 e. The van der Waals surface area contributed by atoms with Gasteiger partial charge in [-0.25, -0.2) is 4.79 Å². The Hall–Kier alpha value is -2.37. The van der Waals surface area contributed by atoms with Gasteiger partial charge in [0, 0.05) is 0 Å². The van der Waals surface area contributed by atoms with Crippen molar-refractivity contribution in [3.63, 3.8) is 0 Å². The molecule has 0 fully saturated rings. The number of aromatic hydroxyl groups is 2. The summed E-state index contributed by atoms with van der Waals surface area (Å²) in [6.07, 6.45) is 0. The van der Waals surface area contributed by atoms with Gasteiger partial charge in [-0.2, -0.15) is 9.98 Å². The topological polar surface area (TPSA) is 95.4 Å². The van der Waals surface area contributed by atoms with Crippen LogP contribution < -0.4 is 10.7 Å². The van der Waals surface area contributed by atoms with Crippen molar-refractivity contribution in [2.45, 2.75) is 0 Å². The van der Waals surface area contributed by atoms with Crippen molar-refractivity contribution in [2.75, 3.05) is 0 Å². The third-order valence-corrected chi connectivity index (χ3v) is 2.22. The molecule has 1 aliphatic heterocycles. The molecule has 2 heterocycles. The van der Waals surface area contributed by atoms with E-state index in [0.717, 1.165) is 0 Å². The summed E-state index contributed by atoms with van der Waals surface area (Å²) in [7, 11) is 0. The highest BCUT2D eigenvalue weighted by molar-refractivity contribution is 5.92. The van der Waals surface area contributed by atoms with E-state index in [-0.39, 0.29) is 10.7 Å². The zero-order chi connectivity index (χ0) is 10.6. The highest BCUT2D eigenvalue weighted by Crippen LogP contribution is 2.32. The maximum absolute atomic E-state index is 11.0. The van der Waals surface area contributed by atoms with Crippen LogP contribution in [-0.4, -0.2) is 16.2 Å². The van der Waals surface area contributed by atoms with Gasteiger partial charge >= 0.3 is 6.03 Å². The molecule has 6 nitrogen and oxygen atoms in total. The van der Waals surface area contributed by atoms with Crippen molar-refractivity contribution >= 4 is 16.8 Å². The number of carbonyl (C=O) groups excluding carboxylic acids is 1. The number of benzene rings is 1. The summed E-state index contributed by atoms with van der Waals surface area (Å²) in [6.45, 7) is 0. The van der Waals surface area contributed by atoms with Gasteiger partial charge in [-0.1, -0.05) is 0 Å². The Morgan fingerprint density at radius 2 is 1.93 bits per heavy atom. The van der Waals surface area contributed by atoms with Crippen LogP contribution in [0.1, 0.15) is 0 Å². The molecule has 0 spiro atoms. The van der Waals surface area contributed by atoms with Gasteiger partial charge in [0.1, 0.15) is 5.36 Å². The highest BCUT2D eigenvalue weighted by atomic mass is 16.5. The molecule has 1 aliphatic rings. The van der Waals surface area contributed by atoms with Gasteiger partial charge in [0.05, 0.1) is 16.1 Å². The molecule has 2 N–H and O–H groups in total. The van der Waals surface area contributed by atoms with Crippen LogP contribution >= 0.6 is 0 Å². The van der Waals surface area contributed by atoms with Crippen molar-refractivity contribution in [1.29, 1.82) is 0 Å². The Morgan fingerprint density at radius 3 is 2.73 bits per heavy atom. The molecule has 3 rings (SSSR count). The minimum atomic E-state index is -0.627. The Kier molecular flexibility index (Phi) is 1.25. The molecule has 0 atom stereocenters. The maximum atomic E-state index is 11.0. The molecule has 15 heavy (non-hydrogen) atoms. The van der Waals surface area contributed by atoms with Crippen molar-refractivity contribution in [3.8, 4) is 11.9 Å². The smallest absolute Gasteiger partial charge is 0.368 e. The summed E-state index contributed by atoms with van der Waals surface area (Å²) < 4.78 is 4.62. The SMILES string of the molecule is O=C1N=c2ccc3c(O)oc(O)c3c2=N1. The fourth-order valence-corrected chi connectivity index (χ4v) is 1.60. The Bertz CT molecular complexity index is 714. The average Bonchev–Trinajstić information content (AvgIpc) is 2.66. The van der Waals surface area contributed by atoms with Gasteiger partial charge in [-0.05, 0) is 12.1 Å². The molecular formula is C9H4N2O4. The van der Waals surface area contributed by atoms with Crippen LogP contribution in [0.15, 0.2) is 26.5 Å². The predicted molar refractivity (Wildman–Crippen MR) is 47.3 cm³/mol. The summed E-state index contributed by atoms with van der Waals surface area (Å²) in [4.78, 5) is 18.2. The number of furan rings is 1. The molecular weight excluding hydrogens is 200 g/mol. The van der Waals surface area contributed by atoms with Crippen LogP contribution in [0.25, 0.3) is 10.8 Å². The van der Waals surface area contributed by atoms with Gasteiger partial charge in [-0.15, -0.1) is 0 Å². The normalized spacial score (nSPS) is 13.7. The lowest BCUT2D eigenvalue weighted by molar-refractivity contribution is 0.256. The number of hydrogen-bond donors (Lipinski definition) is 2. The number of hydrogen-bond acceptors (Lipinski definition) is 4. The number of amides is 2. The van der Waals surface area contributed by atoms with Crippen LogP contribution in [0.5, 0.6) is 11.9 Å². The predicted octanol–water partition coefficient (Wildman–Crippen LogP) is 0.217. The van der Waals surface area contributed by atoms with Crippen LogP contribution in [0.4, 0.5) is 4.79 Å². The van der Waals surface area contributed by atoms with Gasteiger partial charge in [0.25, 0.3) is 11.9 Å². The first-order chi connectivity index (χ1) is 7.16. The zero-order valence-electron chi connectivity index (χ0n) is 7.26.